The zero-order valence-electron chi connectivity index (χ0n) is 11.9. The summed E-state index contributed by atoms with van der Waals surface area (Å²) in [6.07, 6.45) is 0. The number of hydrogen-bond acceptors (Lipinski definition) is 4. The summed E-state index contributed by atoms with van der Waals surface area (Å²) in [6.45, 7) is 6.37. The minimum atomic E-state index is -0.0670. The highest BCUT2D eigenvalue weighted by molar-refractivity contribution is 7.05. The molecule has 0 aliphatic carbocycles. The van der Waals surface area contributed by atoms with E-state index in [1.807, 2.05) is 19.2 Å². The minimum Gasteiger partial charge on any atom is -0.309 e. The monoisotopic (exact) mass is 329 g/mol. The zero-order valence-corrected chi connectivity index (χ0v) is 14.2. The quantitative estimate of drug-likeness (QED) is 0.903. The molecular weight excluding hydrogens is 313 g/mol. The maximum absolute atomic E-state index is 6.34. The largest absolute Gasteiger partial charge is 0.309 e. The number of hydrogen-bond donors (Lipinski definition) is 1. The van der Waals surface area contributed by atoms with Gasteiger partial charge in [0.1, 0.15) is 0 Å². The van der Waals surface area contributed by atoms with Gasteiger partial charge in [-0.15, -0.1) is 5.10 Å². The summed E-state index contributed by atoms with van der Waals surface area (Å²) < 4.78 is 4.11. The molecule has 1 atom stereocenters. The van der Waals surface area contributed by atoms with Crippen LogP contribution in [0.4, 0.5) is 0 Å². The van der Waals surface area contributed by atoms with Crippen LogP contribution >= 0.6 is 34.7 Å². The van der Waals surface area contributed by atoms with E-state index < -0.39 is 0 Å². The Hall–Kier alpha value is -0.680. The predicted molar refractivity (Wildman–Crippen MR) is 86.0 cm³/mol. The van der Waals surface area contributed by atoms with Gasteiger partial charge in [-0.2, -0.15) is 0 Å². The van der Waals surface area contributed by atoms with Crippen molar-refractivity contribution in [3.05, 3.63) is 44.4 Å². The molecule has 108 valence electrons. The topological polar surface area (TPSA) is 37.8 Å². The summed E-state index contributed by atoms with van der Waals surface area (Å²) in [6, 6.07) is 5.60. The SMILES string of the molecule is CNC(c1cccc(Cl)c1Cl)c1snnc1C(C)(C)C. The van der Waals surface area contributed by atoms with Crippen molar-refractivity contribution >= 4 is 34.7 Å². The van der Waals surface area contributed by atoms with E-state index in [1.54, 1.807) is 6.07 Å². The Kier molecular flexibility index (Phi) is 4.69. The van der Waals surface area contributed by atoms with Gasteiger partial charge in [0.15, 0.2) is 0 Å². The van der Waals surface area contributed by atoms with Crippen molar-refractivity contribution in [3.63, 3.8) is 0 Å². The second-order valence-electron chi connectivity index (χ2n) is 5.60. The zero-order chi connectivity index (χ0) is 14.9. The van der Waals surface area contributed by atoms with Crippen LogP contribution in [0.1, 0.15) is 42.9 Å². The maximum atomic E-state index is 6.34. The lowest BCUT2D eigenvalue weighted by Crippen LogP contribution is -2.22. The molecule has 1 aromatic heterocycles. The second-order valence-corrected chi connectivity index (χ2v) is 7.17. The van der Waals surface area contributed by atoms with Gasteiger partial charge in [-0.25, -0.2) is 0 Å². The molecule has 0 amide bonds. The molecule has 1 unspecified atom stereocenters. The molecule has 2 rings (SSSR count). The third-order valence-corrected chi connectivity index (χ3v) is 4.69. The Labute approximate surface area is 133 Å². The summed E-state index contributed by atoms with van der Waals surface area (Å²) in [7, 11) is 1.90. The van der Waals surface area contributed by atoms with Crippen molar-refractivity contribution in [2.24, 2.45) is 0 Å². The molecule has 20 heavy (non-hydrogen) atoms. The van der Waals surface area contributed by atoms with Crippen molar-refractivity contribution < 1.29 is 0 Å². The molecule has 3 nitrogen and oxygen atoms in total. The van der Waals surface area contributed by atoms with Crippen LogP contribution in [0.25, 0.3) is 0 Å². The standard InChI is InChI=1S/C14H17Cl2N3S/c1-14(2,3)13-12(20-19-18-13)11(17-4)8-6-5-7-9(15)10(8)16/h5-7,11,17H,1-4H3. The summed E-state index contributed by atoms with van der Waals surface area (Å²) in [5.74, 6) is 0. The van der Waals surface area contributed by atoms with Crippen LogP contribution in [0, 0.1) is 0 Å². The maximum Gasteiger partial charge on any atom is 0.0860 e. The van der Waals surface area contributed by atoms with E-state index in [4.69, 9.17) is 23.2 Å². The fourth-order valence-electron chi connectivity index (χ4n) is 2.08. The number of benzene rings is 1. The third kappa shape index (κ3) is 2.98. The fourth-order valence-corrected chi connectivity index (χ4v) is 3.49. The van der Waals surface area contributed by atoms with E-state index >= 15 is 0 Å². The van der Waals surface area contributed by atoms with Gasteiger partial charge in [0.25, 0.3) is 0 Å². The molecule has 1 N–H and O–H groups in total. The molecule has 2 aromatic rings. The minimum absolute atomic E-state index is 0.0598. The highest BCUT2D eigenvalue weighted by atomic mass is 35.5. The average molecular weight is 330 g/mol. The van der Waals surface area contributed by atoms with Gasteiger partial charge >= 0.3 is 0 Å². The van der Waals surface area contributed by atoms with Crippen LogP contribution in [-0.4, -0.2) is 16.6 Å². The van der Waals surface area contributed by atoms with Gasteiger partial charge in [-0.05, 0) is 30.2 Å². The number of rotatable bonds is 3. The molecule has 1 aromatic carbocycles. The molecule has 0 spiro atoms. The molecule has 1 heterocycles. The lowest BCUT2D eigenvalue weighted by Gasteiger charge is -2.22. The summed E-state index contributed by atoms with van der Waals surface area (Å²) >= 11 is 13.9. The van der Waals surface area contributed by atoms with E-state index in [0.717, 1.165) is 16.1 Å². The first-order chi connectivity index (χ1) is 9.36. The molecule has 0 aliphatic heterocycles. The molecule has 0 radical (unpaired) electrons. The molecular formula is C14H17Cl2N3S. The Morgan fingerprint density at radius 1 is 1.25 bits per heavy atom. The highest BCUT2D eigenvalue weighted by Gasteiger charge is 2.28. The first-order valence-electron chi connectivity index (χ1n) is 6.30. The van der Waals surface area contributed by atoms with Gasteiger partial charge < -0.3 is 5.32 Å². The smallest absolute Gasteiger partial charge is 0.0860 e. The summed E-state index contributed by atoms with van der Waals surface area (Å²) in [4.78, 5) is 1.07. The van der Waals surface area contributed by atoms with E-state index in [1.165, 1.54) is 11.5 Å². The number of nitrogens with zero attached hydrogens (tertiary/aromatic N) is 2. The van der Waals surface area contributed by atoms with Crippen molar-refractivity contribution in [1.82, 2.24) is 14.9 Å². The molecule has 0 saturated carbocycles. The van der Waals surface area contributed by atoms with E-state index in [2.05, 4.69) is 35.7 Å². The van der Waals surface area contributed by atoms with Crippen molar-refractivity contribution in [2.75, 3.05) is 7.05 Å². The van der Waals surface area contributed by atoms with Gasteiger partial charge in [0.05, 0.1) is 26.7 Å². The number of halogens is 2. The van der Waals surface area contributed by atoms with Crippen LogP contribution in [0.2, 0.25) is 10.0 Å². The van der Waals surface area contributed by atoms with E-state index in [-0.39, 0.29) is 11.5 Å². The van der Waals surface area contributed by atoms with Gasteiger partial charge in [-0.3, -0.25) is 0 Å². The first-order valence-corrected chi connectivity index (χ1v) is 7.83. The van der Waals surface area contributed by atoms with Gasteiger partial charge in [0, 0.05) is 5.41 Å². The van der Waals surface area contributed by atoms with Crippen molar-refractivity contribution in [1.29, 1.82) is 0 Å². The summed E-state index contributed by atoms with van der Waals surface area (Å²) in [5, 5.41) is 8.70. The van der Waals surface area contributed by atoms with Crippen molar-refractivity contribution in [3.8, 4) is 0 Å². The highest BCUT2D eigenvalue weighted by Crippen LogP contribution is 2.37. The lowest BCUT2D eigenvalue weighted by atomic mass is 9.89. The number of nitrogens with one attached hydrogen (secondary N) is 1. The van der Waals surface area contributed by atoms with Crippen LogP contribution in [0.3, 0.4) is 0 Å². The normalized spacial score (nSPS) is 13.5. The third-order valence-electron chi connectivity index (χ3n) is 3.07. The van der Waals surface area contributed by atoms with E-state index in [9.17, 15) is 0 Å². The summed E-state index contributed by atoms with van der Waals surface area (Å²) in [5.41, 5.74) is 1.86. The molecule has 0 saturated heterocycles. The Morgan fingerprint density at radius 3 is 2.55 bits per heavy atom. The van der Waals surface area contributed by atoms with Crippen molar-refractivity contribution in [2.45, 2.75) is 32.2 Å². The Balaban J connectivity index is 2.54. The van der Waals surface area contributed by atoms with Crippen LogP contribution in [0.5, 0.6) is 0 Å². The Bertz CT molecular complexity index is 605. The predicted octanol–water partition coefficient (Wildman–Crippen LogP) is 4.45. The van der Waals surface area contributed by atoms with Crippen LogP contribution < -0.4 is 5.32 Å². The molecule has 0 aliphatic rings. The molecule has 0 fully saturated rings. The molecule has 0 bridgehead atoms. The first kappa shape index (κ1) is 15.7. The van der Waals surface area contributed by atoms with Crippen LogP contribution in [-0.2, 0) is 5.41 Å². The van der Waals surface area contributed by atoms with Gasteiger partial charge in [0.2, 0.25) is 0 Å². The Morgan fingerprint density at radius 2 is 1.95 bits per heavy atom. The lowest BCUT2D eigenvalue weighted by molar-refractivity contribution is 0.549. The van der Waals surface area contributed by atoms with Crippen LogP contribution in [0.15, 0.2) is 18.2 Å². The number of aromatic nitrogens is 2. The molecule has 6 heteroatoms. The fraction of sp³-hybridized carbons (Fsp3) is 0.429. The van der Waals surface area contributed by atoms with Gasteiger partial charge in [-0.1, -0.05) is 60.6 Å². The second kappa shape index (κ2) is 5.98. The average Bonchev–Trinajstić information content (AvgIpc) is 2.84. The van der Waals surface area contributed by atoms with E-state index in [0.29, 0.717) is 10.0 Å².